The van der Waals surface area contributed by atoms with E-state index in [1.54, 1.807) is 68.1 Å². The van der Waals surface area contributed by atoms with E-state index in [0.29, 0.717) is 43.3 Å². The largest absolute Gasteiger partial charge is 0.481 e. The van der Waals surface area contributed by atoms with Crippen molar-refractivity contribution in [3.63, 3.8) is 0 Å². The predicted octanol–water partition coefficient (Wildman–Crippen LogP) is -0.876. The lowest BCUT2D eigenvalue weighted by molar-refractivity contribution is -0.140. The number of carboxylic acids is 1. The van der Waals surface area contributed by atoms with Gasteiger partial charge in [-0.3, -0.25) is 37.2 Å². The van der Waals surface area contributed by atoms with Crippen molar-refractivity contribution in [1.82, 2.24) is 73.8 Å². The minimum absolute atomic E-state index is 0.0825. The molecular formula is C30H49N15O10S. The van der Waals surface area contributed by atoms with Crippen molar-refractivity contribution in [2.24, 2.45) is 35.2 Å². The number of carbonyl (C=O) groups is 3. The van der Waals surface area contributed by atoms with Gasteiger partial charge in [0.15, 0.2) is 23.3 Å². The fourth-order valence-corrected chi connectivity index (χ4v) is 3.90. The molecule has 0 aliphatic heterocycles. The average molecular weight is 812 g/mol. The number of nitrogens with zero attached hydrogens (tertiary/aromatic N) is 15. The van der Waals surface area contributed by atoms with Crippen molar-refractivity contribution in [3.8, 4) is 0 Å². The summed E-state index contributed by atoms with van der Waals surface area (Å²) >= 11 is 0. The number of aryl methyl sites for hydroxylation is 7. The number of ether oxygens (including phenoxy) is 2. The van der Waals surface area contributed by atoms with Crippen molar-refractivity contribution in [2.75, 3.05) is 20.0 Å². The minimum atomic E-state index is -3.40. The monoisotopic (exact) mass is 811 g/mol. The van der Waals surface area contributed by atoms with Crippen LogP contribution in [0.4, 0.5) is 0 Å². The number of carbonyl (C=O) groups excluding carboxylic acids is 2. The van der Waals surface area contributed by atoms with Crippen LogP contribution in [0.15, 0.2) is 31.6 Å². The smallest absolute Gasteiger partial charge is 0.378 e. The van der Waals surface area contributed by atoms with Gasteiger partial charge in [0.05, 0.1) is 20.0 Å². The molecule has 5 heterocycles. The third kappa shape index (κ3) is 22.9. The van der Waals surface area contributed by atoms with Gasteiger partial charge in [-0.25, -0.2) is 29.7 Å². The molecule has 5 rings (SSSR count). The molecule has 25 nitrogen and oxygen atoms in total. The van der Waals surface area contributed by atoms with Crippen LogP contribution in [-0.4, -0.2) is 130 Å². The van der Waals surface area contributed by atoms with Gasteiger partial charge in [-0.2, -0.15) is 28.8 Å². The van der Waals surface area contributed by atoms with Gasteiger partial charge in [0.2, 0.25) is 0 Å². The number of aliphatic hydroxyl groups excluding tert-OH is 1. The van der Waals surface area contributed by atoms with Crippen LogP contribution in [0.5, 0.6) is 0 Å². The van der Waals surface area contributed by atoms with Crippen LogP contribution < -0.4 is 0 Å². The molecule has 0 aromatic carbocycles. The van der Waals surface area contributed by atoms with Crippen molar-refractivity contribution in [1.29, 1.82) is 0 Å². The zero-order valence-corrected chi connectivity index (χ0v) is 33.3. The van der Waals surface area contributed by atoms with E-state index < -0.39 is 22.1 Å². The third-order valence-corrected chi connectivity index (χ3v) is 6.54. The Kier molecular flexibility index (Phi) is 22.2. The second kappa shape index (κ2) is 25.9. The number of rotatable bonds is 14. The lowest BCUT2D eigenvalue weighted by Crippen LogP contribution is -2.07. The topological polar surface area (TPSA) is 307 Å². The first-order valence-corrected chi connectivity index (χ1v) is 18.4. The van der Waals surface area contributed by atoms with E-state index in [1.165, 1.54) is 29.1 Å². The van der Waals surface area contributed by atoms with E-state index in [9.17, 15) is 22.8 Å². The van der Waals surface area contributed by atoms with E-state index in [2.05, 4.69) is 64.1 Å². The molecule has 5 aromatic rings. The Bertz CT molecular complexity index is 1990. The van der Waals surface area contributed by atoms with Crippen LogP contribution in [0.3, 0.4) is 0 Å². The number of methoxy groups -OCH3 is 1. The van der Waals surface area contributed by atoms with Gasteiger partial charge in [0, 0.05) is 60.9 Å². The highest BCUT2D eigenvalue weighted by atomic mass is 32.2. The molecule has 0 amide bonds. The molecule has 2 N–H and O–H groups in total. The van der Waals surface area contributed by atoms with Gasteiger partial charge in [-0.1, -0.05) is 0 Å². The summed E-state index contributed by atoms with van der Waals surface area (Å²) < 4.78 is 42.4. The Balaban J connectivity index is 0.000000352. The standard InChI is InChI=1S/C8H13N3O2.C7H11N3O2.C6H9N3O2.C5H9N3O3S.C4H7N3O/c1-11-6-9-7(10-11)4-3-5-8(12)13-2;1-10-5-8-6(9-10)3-2-4-7(11)12;1-3-11-6(10)5-7-4-9(2)8-5;1-8-4-6-5(7-8)3-11-12(2,9)10;1-7-3-5-4(2-8)6-7/h6H,3-5H2,1-2H3;5H,2-4H2,1H3,(H,11,12);4H,3H2,1-2H3;4H,3H2,1-2H3;3,8H,2H2,1H3. The third-order valence-electron chi connectivity index (χ3n) is 5.99. The molecule has 0 spiro atoms. The number of carboxylic acid groups (broad SMARTS) is 1. The number of esters is 2. The summed E-state index contributed by atoms with van der Waals surface area (Å²) in [6.07, 6.45) is 12.0. The van der Waals surface area contributed by atoms with E-state index >= 15 is 0 Å². The van der Waals surface area contributed by atoms with Crippen LogP contribution in [-0.2, 0) is 94.7 Å². The number of aliphatic carboxylic acids is 1. The molecule has 0 aliphatic rings. The molecule has 0 bridgehead atoms. The first kappa shape index (κ1) is 48.0. The van der Waals surface area contributed by atoms with E-state index in [1.807, 2.05) is 7.05 Å². The lowest BCUT2D eigenvalue weighted by Gasteiger charge is -1.96. The van der Waals surface area contributed by atoms with Crippen LogP contribution in [0.2, 0.25) is 0 Å². The quantitative estimate of drug-likeness (QED) is 0.102. The van der Waals surface area contributed by atoms with Crippen LogP contribution >= 0.6 is 0 Å². The van der Waals surface area contributed by atoms with Gasteiger partial charge < -0.3 is 19.7 Å². The Labute approximate surface area is 322 Å². The summed E-state index contributed by atoms with van der Waals surface area (Å²) in [5.74, 6) is 0.963. The molecule has 26 heteroatoms. The molecule has 0 radical (unpaired) electrons. The Morgan fingerprint density at radius 3 is 1.45 bits per heavy atom. The van der Waals surface area contributed by atoms with Gasteiger partial charge in [0.25, 0.3) is 15.9 Å². The zero-order chi connectivity index (χ0) is 42.1. The molecule has 0 fully saturated rings. The van der Waals surface area contributed by atoms with Gasteiger partial charge in [0.1, 0.15) is 44.9 Å². The van der Waals surface area contributed by atoms with E-state index in [-0.39, 0.29) is 31.4 Å². The Morgan fingerprint density at radius 2 is 1.11 bits per heavy atom. The maximum absolute atomic E-state index is 10.9. The highest BCUT2D eigenvalue weighted by molar-refractivity contribution is 7.85. The molecule has 0 saturated heterocycles. The summed E-state index contributed by atoms with van der Waals surface area (Å²) in [6, 6.07) is 0. The first-order valence-electron chi connectivity index (χ1n) is 16.6. The van der Waals surface area contributed by atoms with Gasteiger partial charge in [-0.05, 0) is 19.8 Å². The van der Waals surface area contributed by atoms with E-state index in [0.717, 1.165) is 24.9 Å². The number of aromatic nitrogens is 15. The zero-order valence-electron chi connectivity index (χ0n) is 32.5. The molecule has 0 unspecified atom stereocenters. The van der Waals surface area contributed by atoms with Gasteiger partial charge >= 0.3 is 17.9 Å². The van der Waals surface area contributed by atoms with Crippen molar-refractivity contribution < 1.29 is 46.7 Å². The van der Waals surface area contributed by atoms with Crippen molar-refractivity contribution >= 4 is 28.0 Å². The highest BCUT2D eigenvalue weighted by Gasteiger charge is 2.10. The number of aliphatic hydroxyl groups is 1. The normalized spacial score (nSPS) is 10.3. The molecule has 5 aromatic heterocycles. The molecule has 0 aliphatic carbocycles. The summed E-state index contributed by atoms with van der Waals surface area (Å²) in [4.78, 5) is 51.0. The maximum Gasteiger partial charge on any atom is 0.378 e. The maximum atomic E-state index is 10.9. The summed E-state index contributed by atoms with van der Waals surface area (Å²) in [5.41, 5.74) is 0. The fraction of sp³-hybridized carbons (Fsp3) is 0.567. The fourth-order valence-electron chi connectivity index (χ4n) is 3.58. The highest BCUT2D eigenvalue weighted by Crippen LogP contribution is 2.00. The molecular weight excluding hydrogens is 762 g/mol. The molecule has 0 saturated carbocycles. The summed E-state index contributed by atoms with van der Waals surface area (Å²) in [7, 11) is 6.73. The average Bonchev–Trinajstić information content (AvgIpc) is 3.99. The molecule has 56 heavy (non-hydrogen) atoms. The van der Waals surface area contributed by atoms with Gasteiger partial charge in [-0.15, -0.1) is 5.10 Å². The van der Waals surface area contributed by atoms with Crippen molar-refractivity contribution in [2.45, 2.75) is 58.7 Å². The summed E-state index contributed by atoms with van der Waals surface area (Å²) in [6.45, 7) is 1.89. The minimum Gasteiger partial charge on any atom is -0.481 e. The van der Waals surface area contributed by atoms with Crippen LogP contribution in [0.25, 0.3) is 0 Å². The Morgan fingerprint density at radius 1 is 0.679 bits per heavy atom. The lowest BCUT2D eigenvalue weighted by atomic mass is 10.2. The first-order chi connectivity index (χ1) is 26.4. The van der Waals surface area contributed by atoms with Crippen LogP contribution in [0.1, 0.15) is 66.5 Å². The van der Waals surface area contributed by atoms with Crippen molar-refractivity contribution in [3.05, 3.63) is 60.8 Å². The van der Waals surface area contributed by atoms with E-state index in [4.69, 9.17) is 10.2 Å². The summed E-state index contributed by atoms with van der Waals surface area (Å²) in [5, 5.41) is 36.2. The molecule has 310 valence electrons. The second-order valence-corrected chi connectivity index (χ2v) is 12.7. The van der Waals surface area contributed by atoms with Crippen LogP contribution in [0, 0.1) is 0 Å². The second-order valence-electron chi connectivity index (χ2n) is 11.1. The number of hydrogen-bond donors (Lipinski definition) is 2. The SMILES string of the molecule is CCOC(=O)c1ncn(C)n1.COC(=O)CCCc1ncn(C)n1.Cn1cnc(CCCC(=O)O)n1.Cn1cnc(CO)n1.Cn1cnc(COS(C)(=O)=O)n1. The molecule has 0 atom stereocenters. The Hall–Kier alpha value is -6.02. The predicted molar refractivity (Wildman–Crippen MR) is 192 cm³/mol. The number of hydrogen-bond acceptors (Lipinski definition) is 19.